The number of thioether (sulfide) groups is 1. The molecule has 0 atom stereocenters. The SMILES string of the molecule is Cn1cc(C(=O)NNC(=O)c2ccccc2SCc2ccsc2)c2ccccc21. The number of rotatable bonds is 5. The Balaban J connectivity index is 1.45. The van der Waals surface area contributed by atoms with Crippen molar-refractivity contribution in [2.75, 3.05) is 0 Å². The predicted molar refractivity (Wildman–Crippen MR) is 118 cm³/mol. The molecule has 0 radical (unpaired) electrons. The summed E-state index contributed by atoms with van der Waals surface area (Å²) in [5, 5.41) is 4.98. The van der Waals surface area contributed by atoms with Crippen molar-refractivity contribution in [2.45, 2.75) is 10.6 Å². The van der Waals surface area contributed by atoms with E-state index in [4.69, 9.17) is 0 Å². The molecule has 0 saturated heterocycles. The lowest BCUT2D eigenvalue weighted by Gasteiger charge is -2.10. The lowest BCUT2D eigenvalue weighted by Crippen LogP contribution is -2.41. The topological polar surface area (TPSA) is 63.1 Å². The second-order valence-corrected chi connectivity index (χ2v) is 8.29. The summed E-state index contributed by atoms with van der Waals surface area (Å²) >= 11 is 3.25. The van der Waals surface area contributed by atoms with Crippen LogP contribution in [0.15, 0.2) is 76.4 Å². The fourth-order valence-electron chi connectivity index (χ4n) is 3.09. The third-order valence-electron chi connectivity index (χ3n) is 4.54. The highest BCUT2D eigenvalue weighted by Crippen LogP contribution is 2.27. The quantitative estimate of drug-likeness (QED) is 0.365. The first-order chi connectivity index (χ1) is 14.1. The maximum Gasteiger partial charge on any atom is 0.271 e. The Hall–Kier alpha value is -3.03. The highest BCUT2D eigenvalue weighted by Gasteiger charge is 2.16. The average molecular weight is 422 g/mol. The molecule has 2 aromatic carbocycles. The number of aryl methyl sites for hydroxylation is 1. The number of hydrazine groups is 1. The van der Waals surface area contributed by atoms with E-state index < -0.39 is 0 Å². The molecule has 0 fully saturated rings. The van der Waals surface area contributed by atoms with E-state index in [1.165, 1.54) is 5.56 Å². The lowest BCUT2D eigenvalue weighted by molar-refractivity contribution is 0.0846. The van der Waals surface area contributed by atoms with Gasteiger partial charge in [0.15, 0.2) is 0 Å². The molecule has 0 aliphatic heterocycles. The molecule has 146 valence electrons. The summed E-state index contributed by atoms with van der Waals surface area (Å²) in [6.45, 7) is 0. The van der Waals surface area contributed by atoms with Gasteiger partial charge in [-0.1, -0.05) is 30.3 Å². The third kappa shape index (κ3) is 4.21. The molecule has 29 heavy (non-hydrogen) atoms. The van der Waals surface area contributed by atoms with Gasteiger partial charge in [-0.2, -0.15) is 11.3 Å². The number of fused-ring (bicyclic) bond motifs is 1. The molecule has 4 aromatic rings. The molecule has 0 bridgehead atoms. The van der Waals surface area contributed by atoms with Crippen molar-refractivity contribution in [1.29, 1.82) is 0 Å². The summed E-state index contributed by atoms with van der Waals surface area (Å²) in [5.41, 5.74) is 8.32. The number of hydrogen-bond donors (Lipinski definition) is 2. The number of para-hydroxylation sites is 1. The van der Waals surface area contributed by atoms with Gasteiger partial charge in [0.25, 0.3) is 11.8 Å². The number of hydrogen-bond acceptors (Lipinski definition) is 4. The smallest absolute Gasteiger partial charge is 0.271 e. The van der Waals surface area contributed by atoms with Crippen LogP contribution in [-0.2, 0) is 12.8 Å². The van der Waals surface area contributed by atoms with Crippen molar-refractivity contribution in [2.24, 2.45) is 7.05 Å². The van der Waals surface area contributed by atoms with Crippen LogP contribution in [0, 0.1) is 0 Å². The number of amides is 2. The number of benzene rings is 2. The van der Waals surface area contributed by atoms with Gasteiger partial charge in [-0.15, -0.1) is 11.8 Å². The van der Waals surface area contributed by atoms with Crippen LogP contribution in [0.4, 0.5) is 0 Å². The van der Waals surface area contributed by atoms with Crippen LogP contribution in [0.25, 0.3) is 10.9 Å². The van der Waals surface area contributed by atoms with Crippen molar-refractivity contribution >= 4 is 45.8 Å². The Morgan fingerprint density at radius 3 is 2.48 bits per heavy atom. The molecule has 2 heterocycles. The third-order valence-corrected chi connectivity index (χ3v) is 6.41. The Morgan fingerprint density at radius 2 is 1.69 bits per heavy atom. The zero-order valence-corrected chi connectivity index (χ0v) is 17.3. The molecule has 0 spiro atoms. The molecule has 0 aliphatic carbocycles. The van der Waals surface area contributed by atoms with E-state index in [1.807, 2.05) is 59.5 Å². The summed E-state index contributed by atoms with van der Waals surface area (Å²) in [6.07, 6.45) is 1.76. The molecule has 2 N–H and O–H groups in total. The Kier molecular flexibility index (Phi) is 5.69. The van der Waals surface area contributed by atoms with Gasteiger partial charge in [0, 0.05) is 34.8 Å². The molecule has 2 amide bonds. The van der Waals surface area contributed by atoms with Crippen LogP contribution < -0.4 is 10.9 Å². The van der Waals surface area contributed by atoms with Crippen molar-refractivity contribution in [3.05, 3.63) is 88.2 Å². The average Bonchev–Trinajstić information content (AvgIpc) is 3.39. The van der Waals surface area contributed by atoms with Crippen LogP contribution in [0.3, 0.4) is 0 Å². The highest BCUT2D eigenvalue weighted by atomic mass is 32.2. The number of carbonyl (C=O) groups excluding carboxylic acids is 2. The minimum atomic E-state index is -0.349. The monoisotopic (exact) mass is 421 g/mol. The maximum atomic E-state index is 12.7. The maximum absolute atomic E-state index is 12.7. The van der Waals surface area contributed by atoms with Gasteiger partial charge in [-0.3, -0.25) is 20.4 Å². The van der Waals surface area contributed by atoms with E-state index in [1.54, 1.807) is 35.4 Å². The Labute approximate surface area is 176 Å². The van der Waals surface area contributed by atoms with Crippen molar-refractivity contribution in [1.82, 2.24) is 15.4 Å². The highest BCUT2D eigenvalue weighted by molar-refractivity contribution is 7.98. The molecule has 0 saturated carbocycles. The van der Waals surface area contributed by atoms with Crippen LogP contribution in [0.5, 0.6) is 0 Å². The molecular weight excluding hydrogens is 402 g/mol. The molecule has 4 rings (SSSR count). The van der Waals surface area contributed by atoms with E-state index in [9.17, 15) is 9.59 Å². The van der Waals surface area contributed by atoms with Crippen LogP contribution >= 0.6 is 23.1 Å². The van der Waals surface area contributed by atoms with E-state index >= 15 is 0 Å². The largest absolute Gasteiger partial charge is 0.350 e. The first-order valence-electron chi connectivity index (χ1n) is 9.01. The van der Waals surface area contributed by atoms with Crippen LogP contribution in [-0.4, -0.2) is 16.4 Å². The zero-order chi connectivity index (χ0) is 20.2. The summed E-state index contributed by atoms with van der Waals surface area (Å²) < 4.78 is 1.89. The predicted octanol–water partition coefficient (Wildman–Crippen LogP) is 4.61. The normalized spacial score (nSPS) is 10.8. The summed E-state index contributed by atoms with van der Waals surface area (Å²) in [4.78, 5) is 26.2. The lowest BCUT2D eigenvalue weighted by atomic mass is 10.2. The molecule has 0 aliphatic rings. The number of thiophene rings is 1. The van der Waals surface area contributed by atoms with Gasteiger partial charge in [-0.05, 0) is 40.6 Å². The van der Waals surface area contributed by atoms with Gasteiger partial charge in [0.2, 0.25) is 0 Å². The molecule has 7 heteroatoms. The number of aromatic nitrogens is 1. The van der Waals surface area contributed by atoms with Crippen molar-refractivity contribution in [3.8, 4) is 0 Å². The van der Waals surface area contributed by atoms with E-state index in [0.29, 0.717) is 11.1 Å². The Bertz CT molecular complexity index is 1170. The van der Waals surface area contributed by atoms with Gasteiger partial charge in [0.1, 0.15) is 0 Å². The van der Waals surface area contributed by atoms with Gasteiger partial charge < -0.3 is 4.57 Å². The van der Waals surface area contributed by atoms with Gasteiger partial charge in [0.05, 0.1) is 11.1 Å². The minimum Gasteiger partial charge on any atom is -0.350 e. The fourth-order valence-corrected chi connectivity index (χ4v) is 4.85. The van der Waals surface area contributed by atoms with E-state index in [0.717, 1.165) is 21.6 Å². The van der Waals surface area contributed by atoms with E-state index in [2.05, 4.69) is 22.3 Å². The Morgan fingerprint density at radius 1 is 0.966 bits per heavy atom. The second-order valence-electron chi connectivity index (χ2n) is 6.50. The number of nitrogens with one attached hydrogen (secondary N) is 2. The molecule has 0 unspecified atom stereocenters. The van der Waals surface area contributed by atoms with Gasteiger partial charge >= 0.3 is 0 Å². The minimum absolute atomic E-state index is 0.341. The number of nitrogens with zero attached hydrogens (tertiary/aromatic N) is 1. The summed E-state index contributed by atoms with van der Waals surface area (Å²) in [7, 11) is 1.89. The first-order valence-corrected chi connectivity index (χ1v) is 10.9. The fraction of sp³-hybridized carbons (Fsp3) is 0.0909. The van der Waals surface area contributed by atoms with Crippen LogP contribution in [0.1, 0.15) is 26.3 Å². The van der Waals surface area contributed by atoms with E-state index in [-0.39, 0.29) is 11.8 Å². The standard InChI is InChI=1S/C22H19N3O2S2/c1-25-12-18(16-6-2-4-8-19(16)25)22(27)24-23-21(26)17-7-3-5-9-20(17)29-14-15-10-11-28-13-15/h2-13H,14H2,1H3,(H,23,26)(H,24,27). The number of carbonyl (C=O) groups is 2. The zero-order valence-electron chi connectivity index (χ0n) is 15.7. The molecule has 2 aromatic heterocycles. The molecule has 5 nitrogen and oxygen atoms in total. The van der Waals surface area contributed by atoms with Crippen molar-refractivity contribution < 1.29 is 9.59 Å². The molecular formula is C22H19N3O2S2. The second kappa shape index (κ2) is 8.55. The van der Waals surface area contributed by atoms with Crippen LogP contribution in [0.2, 0.25) is 0 Å². The first kappa shape index (κ1) is 19.3. The van der Waals surface area contributed by atoms with Crippen molar-refractivity contribution in [3.63, 3.8) is 0 Å². The summed E-state index contributed by atoms with van der Waals surface area (Å²) in [5.74, 6) is 0.0986. The summed E-state index contributed by atoms with van der Waals surface area (Å²) in [6, 6.07) is 17.1. The van der Waals surface area contributed by atoms with Gasteiger partial charge in [-0.25, -0.2) is 0 Å².